The van der Waals surface area contributed by atoms with Gasteiger partial charge >= 0.3 is 0 Å². The lowest BCUT2D eigenvalue weighted by Gasteiger charge is -2.39. The molecule has 0 aliphatic carbocycles. The Kier molecular flexibility index (Phi) is 3.97. The fourth-order valence-corrected chi connectivity index (χ4v) is 2.22. The van der Waals surface area contributed by atoms with E-state index in [0.717, 1.165) is 26.1 Å². The second kappa shape index (κ2) is 5.67. The molecule has 0 unspecified atom stereocenters. The van der Waals surface area contributed by atoms with Crippen LogP contribution in [0.1, 0.15) is 18.9 Å². The maximum atomic E-state index is 11.2. The molecule has 1 heterocycles. The molecule has 1 aromatic rings. The molecule has 6 heteroatoms. The normalized spacial score (nSPS) is 14.5. The van der Waals surface area contributed by atoms with Crippen molar-refractivity contribution in [1.82, 2.24) is 5.32 Å². The Morgan fingerprint density at radius 1 is 1.58 bits per heavy atom. The second-order valence-electron chi connectivity index (χ2n) is 4.58. The summed E-state index contributed by atoms with van der Waals surface area (Å²) < 4.78 is 0. The van der Waals surface area contributed by atoms with Crippen molar-refractivity contribution in [2.45, 2.75) is 19.4 Å². The molecule has 1 aliphatic heterocycles. The van der Waals surface area contributed by atoms with Gasteiger partial charge in [-0.05, 0) is 18.6 Å². The van der Waals surface area contributed by atoms with Crippen LogP contribution in [0.4, 0.5) is 11.4 Å². The molecule has 1 fully saturated rings. The van der Waals surface area contributed by atoms with Gasteiger partial charge in [-0.25, -0.2) is 0 Å². The summed E-state index contributed by atoms with van der Waals surface area (Å²) in [5.74, 6) is 0. The second-order valence-corrected chi connectivity index (χ2v) is 4.58. The van der Waals surface area contributed by atoms with E-state index in [0.29, 0.717) is 17.3 Å². The summed E-state index contributed by atoms with van der Waals surface area (Å²) in [6, 6.07) is 6.91. The van der Waals surface area contributed by atoms with Gasteiger partial charge in [0.15, 0.2) is 0 Å². The smallest absolute Gasteiger partial charge is 0.293 e. The minimum atomic E-state index is -0.412. The van der Waals surface area contributed by atoms with Crippen molar-refractivity contribution in [3.63, 3.8) is 0 Å². The lowest BCUT2D eigenvalue weighted by molar-refractivity contribution is -0.384. The molecule has 1 N–H and O–H groups in total. The molecule has 1 aromatic carbocycles. The van der Waals surface area contributed by atoms with E-state index in [1.807, 2.05) is 6.07 Å². The Bertz CT molecular complexity index is 520. The van der Waals surface area contributed by atoms with E-state index in [-0.39, 0.29) is 5.69 Å². The van der Waals surface area contributed by atoms with E-state index >= 15 is 0 Å². The predicted octanol–water partition coefficient (Wildman–Crippen LogP) is 1.65. The number of hydrogen-bond donors (Lipinski definition) is 1. The van der Waals surface area contributed by atoms with E-state index < -0.39 is 4.92 Å². The summed E-state index contributed by atoms with van der Waals surface area (Å²) in [5.41, 5.74) is 0.940. The number of nitro groups is 1. The molecule has 0 amide bonds. The Morgan fingerprint density at radius 3 is 2.79 bits per heavy atom. The number of nitrogens with zero attached hydrogens (tertiary/aromatic N) is 3. The summed E-state index contributed by atoms with van der Waals surface area (Å²) in [6.07, 6.45) is 0.924. The highest BCUT2D eigenvalue weighted by Crippen LogP contribution is 2.31. The highest BCUT2D eigenvalue weighted by atomic mass is 16.6. The van der Waals surface area contributed by atoms with Crippen molar-refractivity contribution < 1.29 is 4.92 Å². The molecule has 1 aliphatic rings. The van der Waals surface area contributed by atoms with Gasteiger partial charge in [0.05, 0.1) is 22.6 Å². The summed E-state index contributed by atoms with van der Waals surface area (Å²) in [5, 5.41) is 23.2. The molecule has 1 saturated heterocycles. The van der Waals surface area contributed by atoms with Crippen LogP contribution in [-0.4, -0.2) is 30.6 Å². The zero-order valence-electron chi connectivity index (χ0n) is 10.8. The number of anilines is 1. The summed E-state index contributed by atoms with van der Waals surface area (Å²) in [7, 11) is 0. The topological polar surface area (TPSA) is 82.2 Å². The molecular weight excluding hydrogens is 244 g/mol. The first-order valence-electron chi connectivity index (χ1n) is 6.33. The molecule has 0 aromatic heterocycles. The van der Waals surface area contributed by atoms with Crippen LogP contribution in [-0.2, 0) is 0 Å². The predicted molar refractivity (Wildman–Crippen MR) is 72.1 cm³/mol. The van der Waals surface area contributed by atoms with Gasteiger partial charge in [0, 0.05) is 25.7 Å². The standard InChI is InChI=1S/C13H16N4O2/c1-2-5-16(11-8-15-9-11)12-4-3-10(7-14)6-13(12)17(18)19/h3-4,6,11,15H,2,5,8-9H2,1H3. The Balaban J connectivity index is 2.40. The lowest BCUT2D eigenvalue weighted by Crippen LogP contribution is -2.57. The number of nitro benzene ring substituents is 1. The van der Waals surface area contributed by atoms with E-state index in [1.165, 1.54) is 6.07 Å². The van der Waals surface area contributed by atoms with Crippen LogP contribution in [0.25, 0.3) is 0 Å². The molecule has 6 nitrogen and oxygen atoms in total. The van der Waals surface area contributed by atoms with E-state index in [4.69, 9.17) is 5.26 Å². The molecule has 0 saturated carbocycles. The quantitative estimate of drug-likeness (QED) is 0.643. The molecular formula is C13H16N4O2. The first kappa shape index (κ1) is 13.3. The fourth-order valence-electron chi connectivity index (χ4n) is 2.22. The first-order valence-corrected chi connectivity index (χ1v) is 6.33. The van der Waals surface area contributed by atoms with Gasteiger partial charge in [-0.3, -0.25) is 10.1 Å². The van der Waals surface area contributed by atoms with Gasteiger partial charge in [-0.15, -0.1) is 0 Å². The maximum Gasteiger partial charge on any atom is 0.293 e. The lowest BCUT2D eigenvalue weighted by atomic mass is 10.1. The number of benzene rings is 1. The summed E-state index contributed by atoms with van der Waals surface area (Å²) in [6.45, 7) is 4.52. The van der Waals surface area contributed by atoms with Crippen LogP contribution in [0.2, 0.25) is 0 Å². The van der Waals surface area contributed by atoms with Crippen molar-refractivity contribution in [3.8, 4) is 6.07 Å². The fraction of sp³-hybridized carbons (Fsp3) is 0.462. The molecule has 100 valence electrons. The van der Waals surface area contributed by atoms with Gasteiger partial charge in [-0.1, -0.05) is 6.92 Å². The minimum Gasteiger partial charge on any atom is -0.360 e. The SMILES string of the molecule is CCCN(c1ccc(C#N)cc1[N+](=O)[O-])C1CNC1. The van der Waals surface area contributed by atoms with Gasteiger partial charge in [0.1, 0.15) is 5.69 Å². The highest BCUT2D eigenvalue weighted by Gasteiger charge is 2.29. The monoisotopic (exact) mass is 260 g/mol. The van der Waals surface area contributed by atoms with Gasteiger partial charge < -0.3 is 10.2 Å². The zero-order chi connectivity index (χ0) is 13.8. The average Bonchev–Trinajstić information content (AvgIpc) is 2.35. The van der Waals surface area contributed by atoms with Gasteiger partial charge in [-0.2, -0.15) is 5.26 Å². The van der Waals surface area contributed by atoms with Crippen LogP contribution in [0.15, 0.2) is 18.2 Å². The largest absolute Gasteiger partial charge is 0.360 e. The third kappa shape index (κ3) is 2.66. The van der Waals surface area contributed by atoms with E-state index in [9.17, 15) is 10.1 Å². The number of rotatable bonds is 5. The van der Waals surface area contributed by atoms with Crippen molar-refractivity contribution in [3.05, 3.63) is 33.9 Å². The van der Waals surface area contributed by atoms with Crippen molar-refractivity contribution in [2.75, 3.05) is 24.5 Å². The molecule has 0 spiro atoms. The third-order valence-electron chi connectivity index (χ3n) is 3.28. The third-order valence-corrected chi connectivity index (χ3v) is 3.28. The summed E-state index contributed by atoms with van der Waals surface area (Å²) in [4.78, 5) is 12.8. The van der Waals surface area contributed by atoms with E-state index in [1.54, 1.807) is 12.1 Å². The molecule has 0 radical (unpaired) electrons. The van der Waals surface area contributed by atoms with Crippen LogP contribution < -0.4 is 10.2 Å². The van der Waals surface area contributed by atoms with Crippen LogP contribution in [0.5, 0.6) is 0 Å². The highest BCUT2D eigenvalue weighted by molar-refractivity contribution is 5.66. The zero-order valence-corrected chi connectivity index (χ0v) is 10.8. The van der Waals surface area contributed by atoms with Crippen LogP contribution in [0.3, 0.4) is 0 Å². The summed E-state index contributed by atoms with van der Waals surface area (Å²) >= 11 is 0. The van der Waals surface area contributed by atoms with Crippen molar-refractivity contribution in [2.24, 2.45) is 0 Å². The minimum absolute atomic E-state index is 0.0133. The van der Waals surface area contributed by atoms with Gasteiger partial charge in [0.25, 0.3) is 5.69 Å². The molecule has 19 heavy (non-hydrogen) atoms. The van der Waals surface area contributed by atoms with Gasteiger partial charge in [0.2, 0.25) is 0 Å². The number of nitriles is 1. The average molecular weight is 260 g/mol. The van der Waals surface area contributed by atoms with Crippen molar-refractivity contribution >= 4 is 11.4 Å². The number of nitrogens with one attached hydrogen (secondary N) is 1. The van der Waals surface area contributed by atoms with Crippen LogP contribution in [0, 0.1) is 21.4 Å². The Morgan fingerprint density at radius 2 is 2.32 bits per heavy atom. The number of hydrogen-bond acceptors (Lipinski definition) is 5. The van der Waals surface area contributed by atoms with Crippen molar-refractivity contribution in [1.29, 1.82) is 5.26 Å². The first-order chi connectivity index (χ1) is 9.17. The van der Waals surface area contributed by atoms with Crippen LogP contribution >= 0.6 is 0 Å². The Labute approximate surface area is 111 Å². The molecule has 0 atom stereocenters. The van der Waals surface area contributed by atoms with E-state index in [2.05, 4.69) is 17.1 Å². The Hall–Kier alpha value is -2.13. The maximum absolute atomic E-state index is 11.2. The molecule has 0 bridgehead atoms. The molecule has 2 rings (SSSR count).